The van der Waals surface area contributed by atoms with E-state index in [0.717, 1.165) is 42.7 Å². The predicted molar refractivity (Wildman–Crippen MR) is 108 cm³/mol. The summed E-state index contributed by atoms with van der Waals surface area (Å²) in [4.78, 5) is 14.2. The second-order valence-electron chi connectivity index (χ2n) is 7.90. The minimum atomic E-state index is -0.575. The number of hydrogen-bond acceptors (Lipinski definition) is 3. The van der Waals surface area contributed by atoms with Crippen molar-refractivity contribution in [3.63, 3.8) is 0 Å². The van der Waals surface area contributed by atoms with E-state index in [1.165, 1.54) is 18.4 Å². The van der Waals surface area contributed by atoms with Gasteiger partial charge in [-0.3, -0.25) is 4.79 Å². The third kappa shape index (κ3) is 4.40. The SMILES string of the molecule is O=C1CCc2cccc(C(O)CN3CCCC(Cc4ccccc4)C3)c2N1. The van der Waals surface area contributed by atoms with E-state index >= 15 is 0 Å². The van der Waals surface area contributed by atoms with Crippen LogP contribution in [-0.2, 0) is 17.6 Å². The molecule has 2 heterocycles. The molecule has 4 nitrogen and oxygen atoms in total. The Labute approximate surface area is 161 Å². The molecule has 142 valence electrons. The van der Waals surface area contributed by atoms with Crippen LogP contribution in [0.5, 0.6) is 0 Å². The van der Waals surface area contributed by atoms with Gasteiger partial charge in [0.1, 0.15) is 0 Å². The number of nitrogens with zero attached hydrogens (tertiary/aromatic N) is 1. The van der Waals surface area contributed by atoms with Crippen LogP contribution in [0.2, 0.25) is 0 Å². The number of aliphatic hydroxyl groups is 1. The van der Waals surface area contributed by atoms with Crippen LogP contribution < -0.4 is 5.32 Å². The molecule has 2 aromatic rings. The van der Waals surface area contributed by atoms with Gasteiger partial charge in [-0.25, -0.2) is 0 Å². The fourth-order valence-electron chi connectivity index (χ4n) is 4.48. The molecule has 2 N–H and O–H groups in total. The molecule has 1 saturated heterocycles. The van der Waals surface area contributed by atoms with Gasteiger partial charge in [0.05, 0.1) is 6.10 Å². The van der Waals surface area contributed by atoms with E-state index in [1.54, 1.807) is 0 Å². The van der Waals surface area contributed by atoms with Gasteiger partial charge in [-0.1, -0.05) is 48.5 Å². The number of likely N-dealkylation sites (tertiary alicyclic amines) is 1. The first kappa shape index (κ1) is 18.2. The summed E-state index contributed by atoms with van der Waals surface area (Å²) in [6.45, 7) is 2.68. The molecule has 2 aromatic carbocycles. The van der Waals surface area contributed by atoms with Gasteiger partial charge < -0.3 is 15.3 Å². The third-order valence-corrected chi connectivity index (χ3v) is 5.83. The lowest BCUT2D eigenvalue weighted by atomic mass is 9.90. The quantitative estimate of drug-likeness (QED) is 0.853. The number of fused-ring (bicyclic) bond motifs is 1. The van der Waals surface area contributed by atoms with E-state index in [-0.39, 0.29) is 5.91 Å². The number of β-amino-alcohol motifs (C(OH)–C–C–N with tert-alkyl or cyclic N) is 1. The highest BCUT2D eigenvalue weighted by molar-refractivity contribution is 5.94. The number of piperidine rings is 1. The molecule has 0 bridgehead atoms. The Bertz CT molecular complexity index is 790. The van der Waals surface area contributed by atoms with Gasteiger partial charge in [-0.05, 0) is 49.3 Å². The molecule has 0 aliphatic carbocycles. The number of rotatable bonds is 5. The van der Waals surface area contributed by atoms with Crippen molar-refractivity contribution < 1.29 is 9.90 Å². The predicted octanol–water partition coefficient (Wildman–Crippen LogP) is 3.56. The molecule has 1 amide bonds. The van der Waals surface area contributed by atoms with Gasteiger partial charge in [0.2, 0.25) is 5.91 Å². The van der Waals surface area contributed by atoms with Crippen LogP contribution in [0.15, 0.2) is 48.5 Å². The average Bonchev–Trinajstić information content (AvgIpc) is 2.68. The summed E-state index contributed by atoms with van der Waals surface area (Å²) in [5.41, 5.74) is 4.21. The molecule has 0 aromatic heterocycles. The maximum absolute atomic E-state index is 11.8. The highest BCUT2D eigenvalue weighted by Gasteiger charge is 2.25. The number of hydrogen-bond donors (Lipinski definition) is 2. The van der Waals surface area contributed by atoms with Crippen LogP contribution >= 0.6 is 0 Å². The maximum atomic E-state index is 11.8. The number of carbonyl (C=O) groups excluding carboxylic acids is 1. The normalized spacial score (nSPS) is 21.4. The molecule has 2 unspecified atom stereocenters. The molecule has 27 heavy (non-hydrogen) atoms. The van der Waals surface area contributed by atoms with E-state index in [2.05, 4.69) is 40.5 Å². The number of aryl methyl sites for hydroxylation is 1. The lowest BCUT2D eigenvalue weighted by Crippen LogP contribution is -2.39. The monoisotopic (exact) mass is 364 g/mol. The summed E-state index contributed by atoms with van der Waals surface area (Å²) in [5, 5.41) is 13.9. The number of benzene rings is 2. The molecule has 1 fully saturated rings. The van der Waals surface area contributed by atoms with Gasteiger partial charge in [0.25, 0.3) is 0 Å². The summed E-state index contributed by atoms with van der Waals surface area (Å²) in [6, 6.07) is 16.6. The van der Waals surface area contributed by atoms with Gasteiger partial charge in [0.15, 0.2) is 0 Å². The first-order valence-corrected chi connectivity index (χ1v) is 10.0. The highest BCUT2D eigenvalue weighted by Crippen LogP contribution is 2.32. The topological polar surface area (TPSA) is 52.6 Å². The van der Waals surface area contributed by atoms with Gasteiger partial charge in [-0.2, -0.15) is 0 Å². The van der Waals surface area contributed by atoms with Gasteiger partial charge in [-0.15, -0.1) is 0 Å². The summed E-state index contributed by atoms with van der Waals surface area (Å²) >= 11 is 0. The number of carbonyl (C=O) groups is 1. The fourth-order valence-corrected chi connectivity index (χ4v) is 4.48. The Morgan fingerprint density at radius 1 is 1.11 bits per heavy atom. The smallest absolute Gasteiger partial charge is 0.224 e. The molecular formula is C23H28N2O2. The molecule has 0 saturated carbocycles. The van der Waals surface area contributed by atoms with Crippen molar-refractivity contribution in [3.8, 4) is 0 Å². The first-order chi connectivity index (χ1) is 13.2. The zero-order valence-electron chi connectivity index (χ0n) is 15.7. The van der Waals surface area contributed by atoms with Crippen LogP contribution in [0.4, 0.5) is 5.69 Å². The second kappa shape index (κ2) is 8.24. The zero-order chi connectivity index (χ0) is 18.6. The summed E-state index contributed by atoms with van der Waals surface area (Å²) in [6.07, 6.45) is 4.23. The van der Waals surface area contributed by atoms with Crippen LogP contribution in [-0.4, -0.2) is 35.5 Å². The number of anilines is 1. The van der Waals surface area contributed by atoms with E-state index in [1.807, 2.05) is 18.2 Å². The Morgan fingerprint density at radius 3 is 2.81 bits per heavy atom. The van der Waals surface area contributed by atoms with Gasteiger partial charge in [0, 0.05) is 30.8 Å². The number of para-hydroxylation sites is 1. The van der Waals surface area contributed by atoms with Crippen LogP contribution in [0.3, 0.4) is 0 Å². The number of amides is 1. The Morgan fingerprint density at radius 2 is 1.96 bits per heavy atom. The molecule has 4 heteroatoms. The molecule has 2 aliphatic heterocycles. The lowest BCUT2D eigenvalue weighted by Gasteiger charge is -2.34. The minimum Gasteiger partial charge on any atom is -0.387 e. The van der Waals surface area contributed by atoms with E-state index in [0.29, 0.717) is 18.9 Å². The highest BCUT2D eigenvalue weighted by atomic mass is 16.3. The first-order valence-electron chi connectivity index (χ1n) is 10.0. The maximum Gasteiger partial charge on any atom is 0.224 e. The molecule has 2 aliphatic rings. The van der Waals surface area contributed by atoms with E-state index in [4.69, 9.17) is 0 Å². The van der Waals surface area contributed by atoms with Crippen molar-refractivity contribution in [2.75, 3.05) is 25.0 Å². The standard InChI is InChI=1S/C23H28N2O2/c26-21(20-10-4-9-19-11-12-22(27)24-23(19)20)16-25-13-5-8-18(15-25)14-17-6-2-1-3-7-17/h1-4,6-7,9-10,18,21,26H,5,8,11-16H2,(H,24,27). The van der Waals surface area contributed by atoms with Crippen molar-refractivity contribution >= 4 is 11.6 Å². The zero-order valence-corrected chi connectivity index (χ0v) is 15.7. The van der Waals surface area contributed by atoms with Crippen LogP contribution in [0.25, 0.3) is 0 Å². The van der Waals surface area contributed by atoms with Crippen molar-refractivity contribution in [2.45, 2.75) is 38.2 Å². The van der Waals surface area contributed by atoms with E-state index in [9.17, 15) is 9.90 Å². The van der Waals surface area contributed by atoms with Crippen molar-refractivity contribution in [1.82, 2.24) is 4.90 Å². The summed E-state index contributed by atoms with van der Waals surface area (Å²) in [5.74, 6) is 0.681. The fraction of sp³-hybridized carbons (Fsp3) is 0.435. The largest absolute Gasteiger partial charge is 0.387 e. The van der Waals surface area contributed by atoms with Gasteiger partial charge >= 0.3 is 0 Å². The third-order valence-electron chi connectivity index (χ3n) is 5.83. The van der Waals surface area contributed by atoms with Crippen molar-refractivity contribution in [3.05, 3.63) is 65.2 Å². The minimum absolute atomic E-state index is 0.0445. The van der Waals surface area contributed by atoms with Crippen molar-refractivity contribution in [2.24, 2.45) is 5.92 Å². The Balaban J connectivity index is 1.41. The molecule has 0 spiro atoms. The Hall–Kier alpha value is -2.17. The van der Waals surface area contributed by atoms with Crippen LogP contribution in [0, 0.1) is 5.92 Å². The number of nitrogens with one attached hydrogen (secondary N) is 1. The number of aliphatic hydroxyl groups excluding tert-OH is 1. The van der Waals surface area contributed by atoms with E-state index < -0.39 is 6.10 Å². The van der Waals surface area contributed by atoms with Crippen molar-refractivity contribution in [1.29, 1.82) is 0 Å². The molecule has 0 radical (unpaired) electrons. The molecule has 4 rings (SSSR count). The Kier molecular flexibility index (Phi) is 5.55. The summed E-state index contributed by atoms with van der Waals surface area (Å²) < 4.78 is 0. The van der Waals surface area contributed by atoms with Crippen LogP contribution in [0.1, 0.15) is 42.1 Å². The summed E-state index contributed by atoms with van der Waals surface area (Å²) in [7, 11) is 0. The lowest BCUT2D eigenvalue weighted by molar-refractivity contribution is -0.116. The average molecular weight is 364 g/mol. The molecular weight excluding hydrogens is 336 g/mol. The molecule has 2 atom stereocenters. The second-order valence-corrected chi connectivity index (χ2v) is 7.90.